The first-order valence-corrected chi connectivity index (χ1v) is 11.3. The molecule has 0 aromatic heterocycles. The third-order valence-electron chi connectivity index (χ3n) is 5.96. The van der Waals surface area contributed by atoms with E-state index in [1.54, 1.807) is 0 Å². The van der Waals surface area contributed by atoms with Crippen LogP contribution in [0.5, 0.6) is 0 Å². The highest BCUT2D eigenvalue weighted by atomic mass is 28.4. The molecular weight excluding hydrogens is 300 g/mol. The van der Waals surface area contributed by atoms with E-state index in [1.807, 2.05) is 0 Å². The maximum absolute atomic E-state index is 9.72. The van der Waals surface area contributed by atoms with E-state index in [4.69, 9.17) is 4.43 Å². The first-order valence-electron chi connectivity index (χ1n) is 9.16. The molecule has 0 saturated heterocycles. The second-order valence-corrected chi connectivity index (χ2v) is 13.5. The lowest BCUT2D eigenvalue weighted by Crippen LogP contribution is -2.48. The summed E-state index contributed by atoms with van der Waals surface area (Å²) in [6.07, 6.45) is 0. The van der Waals surface area contributed by atoms with Crippen LogP contribution in [0.4, 0.5) is 0 Å². The molecule has 1 aromatic rings. The Hall–Kier alpha value is -0.643. The Kier molecular flexibility index (Phi) is 6.09. The van der Waals surface area contributed by atoms with E-state index in [2.05, 4.69) is 71.9 Å². The van der Waals surface area contributed by atoms with E-state index in [-0.39, 0.29) is 6.61 Å². The van der Waals surface area contributed by atoms with Gasteiger partial charge in [-0.1, -0.05) is 71.9 Å². The number of hydrogen-bond acceptors (Lipinski definition) is 2. The molecule has 2 rings (SSSR count). The molecule has 3 atom stereocenters. The molecule has 0 bridgehead atoms. The Morgan fingerprint density at radius 3 is 1.87 bits per heavy atom. The summed E-state index contributed by atoms with van der Waals surface area (Å²) in [7, 11) is -1.80. The Morgan fingerprint density at radius 2 is 1.43 bits per heavy atom. The van der Waals surface area contributed by atoms with Gasteiger partial charge in [-0.3, -0.25) is 0 Å². The fourth-order valence-corrected chi connectivity index (χ4v) is 10.3. The average molecular weight is 335 g/mol. The first kappa shape index (κ1) is 18.7. The van der Waals surface area contributed by atoms with Gasteiger partial charge in [0, 0.05) is 13.2 Å². The maximum Gasteiger partial charge on any atom is 0.200 e. The Bertz CT molecular complexity index is 462. The summed E-state index contributed by atoms with van der Waals surface area (Å²) in [6.45, 7) is 15.1. The molecule has 23 heavy (non-hydrogen) atoms. The SMILES string of the molecule is CC(C)[Si](OC[C@@H]1[C@@H](CO)[C@@H]1c1ccccc1)(C(C)C)C(C)C. The zero-order valence-electron chi connectivity index (χ0n) is 15.6. The van der Waals surface area contributed by atoms with Crippen LogP contribution in [0.2, 0.25) is 16.6 Å². The topological polar surface area (TPSA) is 29.5 Å². The second kappa shape index (κ2) is 7.50. The van der Waals surface area contributed by atoms with Crippen molar-refractivity contribution >= 4 is 8.32 Å². The normalized spacial score (nSPS) is 24.7. The highest BCUT2D eigenvalue weighted by molar-refractivity contribution is 6.77. The number of aliphatic hydroxyl groups is 1. The minimum atomic E-state index is -1.80. The summed E-state index contributed by atoms with van der Waals surface area (Å²) < 4.78 is 6.75. The number of benzene rings is 1. The Morgan fingerprint density at radius 1 is 0.913 bits per heavy atom. The molecule has 3 heteroatoms. The van der Waals surface area contributed by atoms with Gasteiger partial charge in [0.15, 0.2) is 8.32 Å². The molecule has 0 amide bonds. The quantitative estimate of drug-likeness (QED) is 0.662. The largest absolute Gasteiger partial charge is 0.416 e. The minimum absolute atomic E-state index is 0.271. The molecule has 0 unspecified atom stereocenters. The maximum atomic E-state index is 9.72. The van der Waals surface area contributed by atoms with Crippen LogP contribution in [0.25, 0.3) is 0 Å². The van der Waals surface area contributed by atoms with Gasteiger partial charge in [-0.2, -0.15) is 0 Å². The molecular formula is C20H34O2Si. The minimum Gasteiger partial charge on any atom is -0.416 e. The van der Waals surface area contributed by atoms with Crippen LogP contribution >= 0.6 is 0 Å². The van der Waals surface area contributed by atoms with Crippen LogP contribution in [0.3, 0.4) is 0 Å². The number of rotatable bonds is 8. The summed E-state index contributed by atoms with van der Waals surface area (Å²) in [5.41, 5.74) is 3.20. The van der Waals surface area contributed by atoms with E-state index in [0.717, 1.165) is 6.61 Å². The van der Waals surface area contributed by atoms with Crippen molar-refractivity contribution in [1.82, 2.24) is 0 Å². The highest BCUT2D eigenvalue weighted by Gasteiger charge is 2.53. The smallest absolute Gasteiger partial charge is 0.200 e. The summed E-state index contributed by atoms with van der Waals surface area (Å²) in [5, 5.41) is 9.72. The van der Waals surface area contributed by atoms with E-state index in [9.17, 15) is 5.11 Å². The van der Waals surface area contributed by atoms with Crippen molar-refractivity contribution in [2.75, 3.05) is 13.2 Å². The van der Waals surface area contributed by atoms with Crippen LogP contribution in [0, 0.1) is 11.8 Å². The van der Waals surface area contributed by atoms with Crippen molar-refractivity contribution < 1.29 is 9.53 Å². The number of hydrogen-bond donors (Lipinski definition) is 1. The third-order valence-corrected chi connectivity index (χ3v) is 12.0. The zero-order chi connectivity index (χ0) is 17.2. The van der Waals surface area contributed by atoms with E-state index < -0.39 is 8.32 Å². The lowest BCUT2D eigenvalue weighted by Gasteiger charge is -2.42. The fourth-order valence-electron chi connectivity index (χ4n) is 4.83. The molecule has 0 spiro atoms. The van der Waals surface area contributed by atoms with Crippen molar-refractivity contribution in [2.45, 2.75) is 64.1 Å². The lowest BCUT2D eigenvalue weighted by atomic mass is 10.1. The van der Waals surface area contributed by atoms with Gasteiger partial charge in [0.05, 0.1) is 0 Å². The van der Waals surface area contributed by atoms with Crippen molar-refractivity contribution in [3.05, 3.63) is 35.9 Å². The first-order chi connectivity index (χ1) is 10.9. The molecule has 130 valence electrons. The van der Waals surface area contributed by atoms with Crippen molar-refractivity contribution in [3.8, 4) is 0 Å². The molecule has 2 nitrogen and oxygen atoms in total. The van der Waals surface area contributed by atoms with Crippen molar-refractivity contribution in [1.29, 1.82) is 0 Å². The van der Waals surface area contributed by atoms with Crippen molar-refractivity contribution in [2.24, 2.45) is 11.8 Å². The van der Waals surface area contributed by atoms with Gasteiger partial charge in [0.2, 0.25) is 0 Å². The van der Waals surface area contributed by atoms with Gasteiger partial charge in [-0.15, -0.1) is 0 Å². The van der Waals surface area contributed by atoms with Crippen LogP contribution < -0.4 is 0 Å². The fraction of sp³-hybridized carbons (Fsp3) is 0.700. The molecule has 1 saturated carbocycles. The van der Waals surface area contributed by atoms with E-state index >= 15 is 0 Å². The number of aliphatic hydroxyl groups excluding tert-OH is 1. The molecule has 1 aromatic carbocycles. The van der Waals surface area contributed by atoms with Crippen molar-refractivity contribution in [3.63, 3.8) is 0 Å². The molecule has 0 aliphatic heterocycles. The third kappa shape index (κ3) is 3.57. The van der Waals surface area contributed by atoms with Crippen LogP contribution in [0.15, 0.2) is 30.3 Å². The lowest BCUT2D eigenvalue weighted by molar-refractivity contribution is 0.228. The van der Waals surface area contributed by atoms with Gasteiger partial charge in [-0.25, -0.2) is 0 Å². The van der Waals surface area contributed by atoms with Gasteiger partial charge >= 0.3 is 0 Å². The van der Waals surface area contributed by atoms with Crippen LogP contribution in [-0.2, 0) is 4.43 Å². The Balaban J connectivity index is 2.09. The molecule has 1 aliphatic carbocycles. The molecule has 1 fully saturated rings. The predicted molar refractivity (Wildman–Crippen MR) is 100 cm³/mol. The van der Waals surface area contributed by atoms with Gasteiger partial charge < -0.3 is 9.53 Å². The van der Waals surface area contributed by atoms with Gasteiger partial charge in [0.1, 0.15) is 0 Å². The predicted octanol–water partition coefficient (Wildman–Crippen LogP) is 5.20. The van der Waals surface area contributed by atoms with Crippen LogP contribution in [0.1, 0.15) is 53.0 Å². The van der Waals surface area contributed by atoms with Crippen LogP contribution in [-0.4, -0.2) is 26.6 Å². The summed E-state index contributed by atoms with van der Waals surface area (Å²) in [6, 6.07) is 10.6. The molecule has 0 heterocycles. The van der Waals surface area contributed by atoms with E-state index in [0.29, 0.717) is 34.4 Å². The molecule has 0 radical (unpaired) electrons. The highest BCUT2D eigenvalue weighted by Crippen LogP contribution is 2.55. The second-order valence-electron chi connectivity index (χ2n) is 8.08. The molecule has 1 aliphatic rings. The van der Waals surface area contributed by atoms with Gasteiger partial charge in [-0.05, 0) is 39.9 Å². The summed E-state index contributed by atoms with van der Waals surface area (Å²) >= 11 is 0. The standard InChI is InChI=1S/C20H34O2Si/c1-14(2)23(15(3)4,16(5)6)22-13-19-18(12-21)20(19)17-10-8-7-9-11-17/h7-11,14-16,18-21H,12-13H2,1-6H3/t18-,19-,20+/m1/s1. The molecule has 1 N–H and O–H groups in total. The summed E-state index contributed by atoms with van der Waals surface area (Å²) in [5.74, 6) is 1.32. The monoisotopic (exact) mass is 334 g/mol. The zero-order valence-corrected chi connectivity index (χ0v) is 16.6. The van der Waals surface area contributed by atoms with E-state index in [1.165, 1.54) is 5.56 Å². The summed E-state index contributed by atoms with van der Waals surface area (Å²) in [4.78, 5) is 0. The Labute approximate surface area is 143 Å². The average Bonchev–Trinajstić information content (AvgIpc) is 3.21. The van der Waals surface area contributed by atoms with Gasteiger partial charge in [0.25, 0.3) is 0 Å².